The molecule has 4 unspecified atom stereocenters. The lowest BCUT2D eigenvalue weighted by molar-refractivity contribution is -0.214. The summed E-state index contributed by atoms with van der Waals surface area (Å²) in [6, 6.07) is -0.770. The lowest BCUT2D eigenvalue weighted by atomic mass is 9.41. The van der Waals surface area contributed by atoms with Gasteiger partial charge in [0.05, 0.1) is 25.0 Å². The van der Waals surface area contributed by atoms with E-state index in [4.69, 9.17) is 9.26 Å². The SMILES string of the molecule is COC(=O)C1C2C=CC(B(C)N2O[Si](C)(C)C(C)(C)C)C1C(F)(F)F. The molecule has 25 heavy (non-hydrogen) atoms. The Labute approximate surface area is 148 Å². The summed E-state index contributed by atoms with van der Waals surface area (Å²) >= 11 is 0. The fourth-order valence-electron chi connectivity index (χ4n) is 3.47. The van der Waals surface area contributed by atoms with Gasteiger partial charge in [0.15, 0.2) is 0 Å². The molecule has 0 radical (unpaired) electrons. The van der Waals surface area contributed by atoms with E-state index in [1.54, 1.807) is 23.9 Å². The highest BCUT2D eigenvalue weighted by Gasteiger charge is 2.63. The van der Waals surface area contributed by atoms with E-state index in [0.717, 1.165) is 7.11 Å². The molecule has 1 saturated heterocycles. The van der Waals surface area contributed by atoms with E-state index in [1.807, 2.05) is 13.1 Å². The molecule has 4 atom stereocenters. The van der Waals surface area contributed by atoms with E-state index in [0.29, 0.717) is 0 Å². The third-order valence-corrected chi connectivity index (χ3v) is 10.2. The van der Waals surface area contributed by atoms with Gasteiger partial charge in [-0.15, -0.1) is 0 Å². The Balaban J connectivity index is 2.42. The first kappa shape index (κ1) is 20.5. The summed E-state index contributed by atoms with van der Waals surface area (Å²) in [5, 5.41) is -0.0999. The van der Waals surface area contributed by atoms with Gasteiger partial charge in [0.2, 0.25) is 8.32 Å². The van der Waals surface area contributed by atoms with Crippen molar-refractivity contribution in [2.75, 3.05) is 7.11 Å². The third-order valence-electron chi connectivity index (χ3n) is 5.94. The first-order chi connectivity index (χ1) is 11.2. The number of hydrogen-bond donors (Lipinski definition) is 0. The van der Waals surface area contributed by atoms with Crippen molar-refractivity contribution in [3.8, 4) is 0 Å². The molecule has 0 aromatic rings. The van der Waals surface area contributed by atoms with E-state index in [9.17, 15) is 18.0 Å². The Bertz CT molecular complexity index is 562. The standard InChI is InChI=1S/C16H27BF3NO3Si/c1-15(2,3)25(6,7)24-21-11-9-8-10(17(21)4)13(16(18,19)20)12(11)14(22)23-5/h8-13H,1-7H3. The number of carbonyl (C=O) groups is 1. The number of nitrogens with zero attached hydrogens (tertiary/aromatic N) is 1. The van der Waals surface area contributed by atoms with Gasteiger partial charge in [0.1, 0.15) is 0 Å². The summed E-state index contributed by atoms with van der Waals surface area (Å²) in [5.41, 5.74) is 0. The van der Waals surface area contributed by atoms with Gasteiger partial charge in [-0.05, 0) is 23.9 Å². The Morgan fingerprint density at radius 1 is 1.20 bits per heavy atom. The number of esters is 1. The van der Waals surface area contributed by atoms with Gasteiger partial charge in [0, 0.05) is 0 Å². The summed E-state index contributed by atoms with van der Waals surface area (Å²) in [6.45, 7) is 11.6. The molecule has 0 aromatic heterocycles. The number of allylic oxidation sites excluding steroid dienone is 1. The molecule has 142 valence electrons. The highest BCUT2D eigenvalue weighted by molar-refractivity contribution is 6.74. The van der Waals surface area contributed by atoms with E-state index >= 15 is 0 Å². The number of hydroxylamine groups is 1. The van der Waals surface area contributed by atoms with Crippen LogP contribution in [-0.4, -0.2) is 45.4 Å². The first-order valence-corrected chi connectivity index (χ1v) is 11.4. The average molecular weight is 377 g/mol. The van der Waals surface area contributed by atoms with Crippen molar-refractivity contribution in [1.29, 1.82) is 0 Å². The van der Waals surface area contributed by atoms with Crippen molar-refractivity contribution in [1.82, 2.24) is 4.97 Å². The zero-order chi connectivity index (χ0) is 19.4. The van der Waals surface area contributed by atoms with Gasteiger partial charge in [-0.2, -0.15) is 13.2 Å². The fourth-order valence-corrected chi connectivity index (χ4v) is 4.56. The molecule has 9 heteroatoms. The van der Waals surface area contributed by atoms with Gasteiger partial charge < -0.3 is 9.26 Å². The zero-order valence-corrected chi connectivity index (χ0v) is 16.8. The number of carbonyl (C=O) groups excluding carboxylic acids is 1. The van der Waals surface area contributed by atoms with E-state index in [1.165, 1.54) is 0 Å². The Morgan fingerprint density at radius 3 is 2.20 bits per heavy atom. The molecule has 0 saturated carbocycles. The van der Waals surface area contributed by atoms with E-state index < -0.39 is 51.0 Å². The smallest absolute Gasteiger partial charge is 0.392 e. The summed E-state index contributed by atoms with van der Waals surface area (Å²) in [4.78, 5) is 13.8. The molecule has 0 N–H and O–H groups in total. The molecule has 3 rings (SSSR count). The van der Waals surface area contributed by atoms with Crippen LogP contribution in [0.3, 0.4) is 0 Å². The lowest BCUT2D eigenvalue weighted by Gasteiger charge is -2.55. The molecule has 2 aliphatic heterocycles. The molecule has 0 spiro atoms. The maximum Gasteiger partial charge on any atom is 0.392 e. The molecule has 1 aliphatic carbocycles. The number of ether oxygens (including phenoxy) is 1. The average Bonchev–Trinajstić information content (AvgIpc) is 2.46. The van der Waals surface area contributed by atoms with Crippen LogP contribution in [0.2, 0.25) is 30.8 Å². The maximum absolute atomic E-state index is 13.7. The van der Waals surface area contributed by atoms with Gasteiger partial charge in [0.25, 0.3) is 6.85 Å². The molecule has 3 aliphatic rings. The Hall–Kier alpha value is -0.798. The molecule has 4 nitrogen and oxygen atoms in total. The number of hydrogen-bond acceptors (Lipinski definition) is 4. The summed E-state index contributed by atoms with van der Waals surface area (Å²) < 4.78 is 52.1. The summed E-state index contributed by atoms with van der Waals surface area (Å²) in [5.74, 6) is -4.72. The molecule has 2 heterocycles. The Morgan fingerprint density at radius 2 is 1.76 bits per heavy atom. The van der Waals surface area contributed by atoms with Gasteiger partial charge >= 0.3 is 12.1 Å². The predicted molar refractivity (Wildman–Crippen MR) is 93.5 cm³/mol. The second kappa shape index (κ2) is 6.42. The summed E-state index contributed by atoms with van der Waals surface area (Å²) in [7, 11) is -1.13. The fraction of sp³-hybridized carbons (Fsp3) is 0.812. The molecular weight excluding hydrogens is 350 g/mol. The number of rotatable bonds is 3. The quantitative estimate of drug-likeness (QED) is 0.421. The second-order valence-electron chi connectivity index (χ2n) is 8.52. The van der Waals surface area contributed by atoms with Crippen molar-refractivity contribution >= 4 is 21.1 Å². The van der Waals surface area contributed by atoms with Crippen LogP contribution in [0.1, 0.15) is 20.8 Å². The van der Waals surface area contributed by atoms with Crippen molar-refractivity contribution in [2.45, 2.75) is 63.8 Å². The monoisotopic (exact) mass is 377 g/mol. The minimum absolute atomic E-state index is 0.0999. The van der Waals surface area contributed by atoms with Crippen molar-refractivity contribution < 1.29 is 27.2 Å². The van der Waals surface area contributed by atoms with Gasteiger partial charge in [-0.3, -0.25) is 4.79 Å². The normalized spacial score (nSPS) is 30.7. The molecule has 2 bridgehead atoms. The van der Waals surface area contributed by atoms with Crippen LogP contribution in [0.5, 0.6) is 0 Å². The van der Waals surface area contributed by atoms with E-state index in [2.05, 4.69) is 20.8 Å². The highest BCUT2D eigenvalue weighted by Crippen LogP contribution is 2.53. The minimum atomic E-state index is -4.47. The van der Waals surface area contributed by atoms with Crippen LogP contribution in [0.25, 0.3) is 0 Å². The van der Waals surface area contributed by atoms with Crippen molar-refractivity contribution in [3.63, 3.8) is 0 Å². The topological polar surface area (TPSA) is 38.8 Å². The van der Waals surface area contributed by atoms with Gasteiger partial charge in [-0.25, -0.2) is 4.97 Å². The zero-order valence-electron chi connectivity index (χ0n) is 15.8. The molecule has 1 fully saturated rings. The number of alkyl halides is 3. The van der Waals surface area contributed by atoms with E-state index in [-0.39, 0.29) is 5.04 Å². The summed E-state index contributed by atoms with van der Waals surface area (Å²) in [6.07, 6.45) is -1.22. The second-order valence-corrected chi connectivity index (χ2v) is 13.2. The number of fused-ring (bicyclic) bond motifs is 2. The molecular formula is C16H27BF3NO3Si. The third kappa shape index (κ3) is 3.55. The van der Waals surface area contributed by atoms with Crippen LogP contribution in [0, 0.1) is 11.8 Å². The largest absolute Gasteiger partial charge is 0.469 e. The Kier molecular flexibility index (Phi) is 5.27. The van der Waals surface area contributed by atoms with Crippen LogP contribution in [0.4, 0.5) is 13.2 Å². The van der Waals surface area contributed by atoms with Crippen LogP contribution in [0.15, 0.2) is 12.2 Å². The first-order valence-electron chi connectivity index (χ1n) is 8.52. The van der Waals surface area contributed by atoms with Crippen LogP contribution < -0.4 is 0 Å². The predicted octanol–water partition coefficient (Wildman–Crippen LogP) is 4.14. The van der Waals surface area contributed by atoms with Gasteiger partial charge in [-0.1, -0.05) is 39.7 Å². The number of halogens is 3. The minimum Gasteiger partial charge on any atom is -0.469 e. The van der Waals surface area contributed by atoms with Crippen LogP contribution >= 0.6 is 0 Å². The number of methoxy groups -OCH3 is 1. The maximum atomic E-state index is 13.7. The molecule has 0 aromatic carbocycles. The lowest BCUT2D eigenvalue weighted by Crippen LogP contribution is -2.66. The molecule has 0 amide bonds. The van der Waals surface area contributed by atoms with Crippen molar-refractivity contribution in [3.05, 3.63) is 12.2 Å². The van der Waals surface area contributed by atoms with Crippen molar-refractivity contribution in [2.24, 2.45) is 11.8 Å². The highest BCUT2D eigenvalue weighted by atomic mass is 28.4. The van der Waals surface area contributed by atoms with Crippen LogP contribution in [-0.2, 0) is 14.1 Å².